The summed E-state index contributed by atoms with van der Waals surface area (Å²) in [6.45, 7) is 0. The monoisotopic (exact) mass is 938 g/mol. The summed E-state index contributed by atoms with van der Waals surface area (Å²) in [6, 6.07) is 93.0. The second-order valence-electron chi connectivity index (χ2n) is 19.8. The largest absolute Gasteiger partial charge is 0.455 e. The van der Waals surface area contributed by atoms with Crippen molar-refractivity contribution in [3.8, 4) is 55.6 Å². The van der Waals surface area contributed by atoms with Gasteiger partial charge in [0.1, 0.15) is 22.3 Å². The molecular formula is C72H42O2. The Labute approximate surface area is 425 Å². The van der Waals surface area contributed by atoms with Gasteiger partial charge in [0, 0.05) is 38.2 Å². The van der Waals surface area contributed by atoms with Crippen molar-refractivity contribution >= 4 is 109 Å². The minimum Gasteiger partial charge on any atom is -0.455 e. The second kappa shape index (κ2) is 15.9. The lowest BCUT2D eigenvalue weighted by Crippen LogP contribution is -1.91. The Morgan fingerprint density at radius 3 is 1.11 bits per heavy atom. The number of hydrogen-bond acceptors (Lipinski definition) is 2. The van der Waals surface area contributed by atoms with Gasteiger partial charge in [-0.15, -0.1) is 0 Å². The van der Waals surface area contributed by atoms with Crippen LogP contribution in [0.1, 0.15) is 0 Å². The fourth-order valence-corrected chi connectivity index (χ4v) is 12.5. The SMILES string of the molecule is c1ccc2cc(-c3c4ccccc4c(-c4ccc5oc6c(-c7ccc8cc(-c9c%10ccccc%10c(-c%10cccc%11c%10oc%10ccccc%10%11)c%10ccccc9%10)ccc8c7)cccc6c5c4)c4ccccc34)ccc2c1. The maximum Gasteiger partial charge on any atom is 0.143 e. The molecule has 0 atom stereocenters. The summed E-state index contributed by atoms with van der Waals surface area (Å²) in [5.74, 6) is 0. The molecule has 0 bridgehead atoms. The topological polar surface area (TPSA) is 26.3 Å². The van der Waals surface area contributed by atoms with Crippen molar-refractivity contribution in [3.05, 3.63) is 255 Å². The fourth-order valence-electron chi connectivity index (χ4n) is 12.5. The molecule has 0 spiro atoms. The molecule has 342 valence electrons. The summed E-state index contributed by atoms with van der Waals surface area (Å²) in [7, 11) is 0. The quantitative estimate of drug-likeness (QED) is 0.161. The molecule has 0 unspecified atom stereocenters. The molecule has 0 aliphatic heterocycles. The van der Waals surface area contributed by atoms with E-state index in [4.69, 9.17) is 8.83 Å². The molecule has 0 aliphatic carbocycles. The molecule has 0 saturated heterocycles. The van der Waals surface area contributed by atoms with Crippen molar-refractivity contribution in [1.82, 2.24) is 0 Å². The lowest BCUT2D eigenvalue weighted by atomic mass is 9.85. The van der Waals surface area contributed by atoms with Gasteiger partial charge in [-0.2, -0.15) is 0 Å². The molecule has 74 heavy (non-hydrogen) atoms. The van der Waals surface area contributed by atoms with E-state index in [9.17, 15) is 0 Å². The first-order valence-corrected chi connectivity index (χ1v) is 25.5. The summed E-state index contributed by atoms with van der Waals surface area (Å²) < 4.78 is 13.5. The van der Waals surface area contributed by atoms with Gasteiger partial charge in [-0.05, 0) is 140 Å². The molecule has 2 heterocycles. The van der Waals surface area contributed by atoms with Gasteiger partial charge in [0.25, 0.3) is 0 Å². The smallest absolute Gasteiger partial charge is 0.143 e. The van der Waals surface area contributed by atoms with E-state index in [0.29, 0.717) is 0 Å². The van der Waals surface area contributed by atoms with Crippen LogP contribution in [0.4, 0.5) is 0 Å². The molecule has 2 aromatic heterocycles. The molecule has 16 rings (SSSR count). The molecule has 16 aromatic rings. The van der Waals surface area contributed by atoms with Gasteiger partial charge in [0.15, 0.2) is 0 Å². The van der Waals surface area contributed by atoms with Crippen molar-refractivity contribution in [2.45, 2.75) is 0 Å². The molecule has 0 fully saturated rings. The first kappa shape index (κ1) is 40.9. The van der Waals surface area contributed by atoms with Crippen molar-refractivity contribution in [2.24, 2.45) is 0 Å². The second-order valence-corrected chi connectivity index (χ2v) is 19.8. The Bertz CT molecular complexity index is 4910. The Balaban J connectivity index is 0.809. The minimum absolute atomic E-state index is 0.878. The predicted octanol–water partition coefficient (Wildman–Crippen LogP) is 20.7. The van der Waals surface area contributed by atoms with E-state index in [1.807, 2.05) is 6.07 Å². The van der Waals surface area contributed by atoms with E-state index in [1.165, 1.54) is 104 Å². The highest BCUT2D eigenvalue weighted by Gasteiger charge is 2.22. The summed E-state index contributed by atoms with van der Waals surface area (Å²) in [6.07, 6.45) is 0. The van der Waals surface area contributed by atoms with E-state index in [0.717, 1.165) is 60.6 Å². The molecule has 0 amide bonds. The van der Waals surface area contributed by atoms with Crippen molar-refractivity contribution in [1.29, 1.82) is 0 Å². The molecule has 2 nitrogen and oxygen atoms in total. The van der Waals surface area contributed by atoms with Gasteiger partial charge in [0.05, 0.1) is 0 Å². The highest BCUT2D eigenvalue weighted by molar-refractivity contribution is 6.26. The molecular weight excluding hydrogens is 897 g/mol. The normalized spacial score (nSPS) is 12.1. The molecule has 0 saturated carbocycles. The standard InChI is InChI=1S/C72H42O2/c1-2-16-44-40-48(35-31-43(44)15-1)67-53-18-3-5-20-55(53)69(56-21-6-4-19-54(56)67)50-37-38-66-64(42-50)62-28-13-26-51(71(62)74-66)47-34-32-46-41-49(36-33-45(46)39-47)68-57-22-7-9-24-59(57)70(60-25-10-8-23-58(60)68)63-29-14-27-61-52-17-11-12-30-65(52)73-72(61)63/h1-42H. The first-order valence-electron chi connectivity index (χ1n) is 25.5. The van der Waals surface area contributed by atoms with Crippen LogP contribution in [0.5, 0.6) is 0 Å². The summed E-state index contributed by atoms with van der Waals surface area (Å²) >= 11 is 0. The Hall–Kier alpha value is -9.76. The molecule has 14 aromatic carbocycles. The fraction of sp³-hybridized carbons (Fsp3) is 0. The third-order valence-electron chi connectivity index (χ3n) is 15.8. The van der Waals surface area contributed by atoms with Crippen LogP contribution in [0.25, 0.3) is 164 Å². The van der Waals surface area contributed by atoms with Gasteiger partial charge in [-0.3, -0.25) is 0 Å². The van der Waals surface area contributed by atoms with Gasteiger partial charge < -0.3 is 8.83 Å². The molecule has 0 aliphatic rings. The number of rotatable bonds is 5. The number of hydrogen-bond donors (Lipinski definition) is 0. The highest BCUT2D eigenvalue weighted by atomic mass is 16.3. The molecule has 2 heteroatoms. The maximum atomic E-state index is 6.86. The lowest BCUT2D eigenvalue weighted by molar-refractivity contribution is 0.669. The van der Waals surface area contributed by atoms with E-state index >= 15 is 0 Å². The van der Waals surface area contributed by atoms with Crippen LogP contribution in [0, 0.1) is 0 Å². The lowest BCUT2D eigenvalue weighted by Gasteiger charge is -2.18. The average molecular weight is 939 g/mol. The van der Waals surface area contributed by atoms with Crippen molar-refractivity contribution < 1.29 is 8.83 Å². The Morgan fingerprint density at radius 2 is 0.541 bits per heavy atom. The minimum atomic E-state index is 0.878. The van der Waals surface area contributed by atoms with Gasteiger partial charge >= 0.3 is 0 Å². The summed E-state index contributed by atoms with van der Waals surface area (Å²) in [4.78, 5) is 0. The Morgan fingerprint density at radius 1 is 0.189 bits per heavy atom. The zero-order chi connectivity index (χ0) is 48.4. The third-order valence-corrected chi connectivity index (χ3v) is 15.8. The van der Waals surface area contributed by atoms with Crippen LogP contribution in [0.2, 0.25) is 0 Å². The van der Waals surface area contributed by atoms with Crippen molar-refractivity contribution in [2.75, 3.05) is 0 Å². The van der Waals surface area contributed by atoms with Gasteiger partial charge in [-0.1, -0.05) is 218 Å². The summed E-state index contributed by atoms with van der Waals surface area (Å²) in [5.41, 5.74) is 15.4. The van der Waals surface area contributed by atoms with Crippen LogP contribution in [0.15, 0.2) is 264 Å². The van der Waals surface area contributed by atoms with E-state index in [-0.39, 0.29) is 0 Å². The maximum absolute atomic E-state index is 6.86. The first-order chi connectivity index (χ1) is 36.7. The van der Waals surface area contributed by atoms with Crippen LogP contribution < -0.4 is 0 Å². The highest BCUT2D eigenvalue weighted by Crippen LogP contribution is 2.49. The van der Waals surface area contributed by atoms with Crippen LogP contribution in [0.3, 0.4) is 0 Å². The van der Waals surface area contributed by atoms with Gasteiger partial charge in [0.2, 0.25) is 0 Å². The predicted molar refractivity (Wildman–Crippen MR) is 313 cm³/mol. The van der Waals surface area contributed by atoms with Crippen LogP contribution in [-0.4, -0.2) is 0 Å². The number of para-hydroxylation sites is 3. The van der Waals surface area contributed by atoms with Crippen LogP contribution >= 0.6 is 0 Å². The zero-order valence-corrected chi connectivity index (χ0v) is 40.1. The number of benzene rings is 14. The Kier molecular flexibility index (Phi) is 8.78. The van der Waals surface area contributed by atoms with Crippen molar-refractivity contribution in [3.63, 3.8) is 0 Å². The molecule has 0 radical (unpaired) electrons. The average Bonchev–Trinajstić information content (AvgIpc) is 4.05. The van der Waals surface area contributed by atoms with Gasteiger partial charge in [-0.25, -0.2) is 0 Å². The zero-order valence-electron chi connectivity index (χ0n) is 40.1. The third kappa shape index (κ3) is 6.06. The van der Waals surface area contributed by atoms with Crippen LogP contribution in [-0.2, 0) is 0 Å². The summed E-state index contributed by atoms with van der Waals surface area (Å²) in [5, 5.41) is 19.1. The van der Waals surface area contributed by atoms with E-state index in [1.54, 1.807) is 0 Å². The van der Waals surface area contributed by atoms with E-state index in [2.05, 4.69) is 249 Å². The number of fused-ring (bicyclic) bond motifs is 12. The number of furan rings is 2. The molecule has 0 N–H and O–H groups in total. The van der Waals surface area contributed by atoms with E-state index < -0.39 is 0 Å².